The highest BCUT2D eigenvalue weighted by Gasteiger charge is 2.21. The van der Waals surface area contributed by atoms with Crippen molar-refractivity contribution in [2.45, 2.75) is 25.8 Å². The smallest absolute Gasteiger partial charge is 0.132 e. The molecule has 6 heteroatoms. The Bertz CT molecular complexity index is 656. The monoisotopic (exact) mass is 335 g/mol. The van der Waals surface area contributed by atoms with E-state index in [0.717, 1.165) is 24.5 Å². The van der Waals surface area contributed by atoms with Crippen LogP contribution in [0.25, 0.3) is 0 Å². The number of hydrogen-bond donors (Lipinski definition) is 0. The number of aromatic nitrogens is 2. The summed E-state index contributed by atoms with van der Waals surface area (Å²) in [5, 5.41) is 0.432. The fourth-order valence-corrected chi connectivity index (χ4v) is 2.98. The summed E-state index contributed by atoms with van der Waals surface area (Å²) in [6.45, 7) is 4.55. The minimum atomic E-state index is -0.297. The third-order valence-corrected chi connectivity index (χ3v) is 4.49. The van der Waals surface area contributed by atoms with Gasteiger partial charge in [0.1, 0.15) is 18.0 Å². The zero-order chi connectivity index (χ0) is 16.2. The molecule has 1 aliphatic heterocycles. The van der Waals surface area contributed by atoms with Crippen molar-refractivity contribution in [1.82, 2.24) is 9.97 Å². The molecule has 0 amide bonds. The van der Waals surface area contributed by atoms with Crippen LogP contribution in [0.5, 0.6) is 0 Å². The number of anilines is 1. The molecular formula is C17H19ClFN3O. The van der Waals surface area contributed by atoms with E-state index in [0.29, 0.717) is 36.2 Å². The average molecular weight is 336 g/mol. The van der Waals surface area contributed by atoms with Crippen LogP contribution in [-0.2, 0) is 11.3 Å². The summed E-state index contributed by atoms with van der Waals surface area (Å²) in [4.78, 5) is 10.7. The Kier molecular flexibility index (Phi) is 5.08. The lowest BCUT2D eigenvalue weighted by atomic mass is 10.0. The highest BCUT2D eigenvalue weighted by Crippen LogP contribution is 2.27. The van der Waals surface area contributed by atoms with Gasteiger partial charge in [0.05, 0.1) is 12.3 Å². The lowest BCUT2D eigenvalue weighted by molar-refractivity contribution is 0.193. The molecule has 1 aliphatic rings. The largest absolute Gasteiger partial charge is 0.381 e. The van der Waals surface area contributed by atoms with Gasteiger partial charge in [0.25, 0.3) is 0 Å². The van der Waals surface area contributed by atoms with Crippen molar-refractivity contribution < 1.29 is 9.13 Å². The zero-order valence-electron chi connectivity index (χ0n) is 13.0. The molecule has 1 fully saturated rings. The first-order valence-electron chi connectivity index (χ1n) is 7.76. The van der Waals surface area contributed by atoms with Gasteiger partial charge in [-0.25, -0.2) is 14.4 Å². The van der Waals surface area contributed by atoms with Crippen LogP contribution < -0.4 is 4.90 Å². The topological polar surface area (TPSA) is 38.2 Å². The summed E-state index contributed by atoms with van der Waals surface area (Å²) < 4.78 is 19.5. The summed E-state index contributed by atoms with van der Waals surface area (Å²) in [5.74, 6) is 0.797. The van der Waals surface area contributed by atoms with Gasteiger partial charge in [-0.3, -0.25) is 0 Å². The van der Waals surface area contributed by atoms with Crippen LogP contribution in [0.2, 0.25) is 5.02 Å². The molecule has 0 aliphatic carbocycles. The second-order valence-corrected chi connectivity index (χ2v) is 5.98. The van der Waals surface area contributed by atoms with Crippen molar-refractivity contribution in [3.05, 3.63) is 52.7 Å². The van der Waals surface area contributed by atoms with Crippen molar-refractivity contribution in [3.8, 4) is 0 Å². The van der Waals surface area contributed by atoms with E-state index in [1.165, 1.54) is 6.07 Å². The lowest BCUT2D eigenvalue weighted by Crippen LogP contribution is -2.24. The number of nitrogens with zero attached hydrogens (tertiary/aromatic N) is 3. The van der Waals surface area contributed by atoms with E-state index in [4.69, 9.17) is 16.3 Å². The van der Waals surface area contributed by atoms with Gasteiger partial charge in [-0.1, -0.05) is 17.7 Å². The van der Waals surface area contributed by atoms with Crippen LogP contribution in [0.1, 0.15) is 30.5 Å². The van der Waals surface area contributed by atoms with Gasteiger partial charge < -0.3 is 9.64 Å². The van der Waals surface area contributed by atoms with E-state index < -0.39 is 0 Å². The molecule has 2 aromatic rings. The number of hydrogen-bond acceptors (Lipinski definition) is 4. The maximum Gasteiger partial charge on any atom is 0.132 e. The maximum absolute atomic E-state index is 14.0. The Labute approximate surface area is 140 Å². The quantitative estimate of drug-likeness (QED) is 0.833. The molecule has 1 aromatic heterocycles. The molecule has 1 aromatic carbocycles. The summed E-state index contributed by atoms with van der Waals surface area (Å²) in [5.41, 5.74) is 1.46. The van der Waals surface area contributed by atoms with Gasteiger partial charge in [0.2, 0.25) is 0 Å². The summed E-state index contributed by atoms with van der Waals surface area (Å²) in [6.07, 6.45) is 2.54. The van der Waals surface area contributed by atoms with Crippen molar-refractivity contribution in [3.63, 3.8) is 0 Å². The molecular weight excluding hydrogens is 317 g/mol. The Morgan fingerprint density at radius 3 is 2.96 bits per heavy atom. The summed E-state index contributed by atoms with van der Waals surface area (Å²) in [6, 6.07) is 6.71. The third-order valence-electron chi connectivity index (χ3n) is 4.14. The van der Waals surface area contributed by atoms with Crippen LogP contribution in [0.4, 0.5) is 10.2 Å². The predicted octanol–water partition coefficient (Wildman–Crippen LogP) is 3.80. The normalized spacial score (nSPS) is 17.4. The Morgan fingerprint density at radius 2 is 2.26 bits per heavy atom. The van der Waals surface area contributed by atoms with Crippen LogP contribution in [-0.4, -0.2) is 29.7 Å². The average Bonchev–Trinajstić information content (AvgIpc) is 3.09. The minimum Gasteiger partial charge on any atom is -0.381 e. The van der Waals surface area contributed by atoms with Crippen LogP contribution in [0.15, 0.2) is 30.6 Å². The van der Waals surface area contributed by atoms with Crippen molar-refractivity contribution in [2.24, 2.45) is 0 Å². The van der Waals surface area contributed by atoms with E-state index >= 15 is 0 Å². The molecule has 3 rings (SSSR count). The van der Waals surface area contributed by atoms with Crippen LogP contribution in [0.3, 0.4) is 0 Å². The fraction of sp³-hybridized carbons (Fsp3) is 0.412. The van der Waals surface area contributed by atoms with Gasteiger partial charge in [-0.15, -0.1) is 0 Å². The molecule has 0 saturated carbocycles. The van der Waals surface area contributed by atoms with Gasteiger partial charge in [-0.05, 0) is 25.5 Å². The van der Waals surface area contributed by atoms with Gasteiger partial charge in [0.15, 0.2) is 0 Å². The van der Waals surface area contributed by atoms with Gasteiger partial charge in [-0.2, -0.15) is 0 Å². The maximum atomic E-state index is 14.0. The molecule has 0 bridgehead atoms. The Morgan fingerprint density at radius 1 is 1.39 bits per heavy atom. The van der Waals surface area contributed by atoms with Crippen LogP contribution in [0, 0.1) is 5.82 Å². The number of halogens is 2. The first-order valence-corrected chi connectivity index (χ1v) is 8.14. The molecule has 0 radical (unpaired) electrons. The molecule has 0 unspecified atom stereocenters. The van der Waals surface area contributed by atoms with Crippen LogP contribution >= 0.6 is 11.6 Å². The standard InChI is InChI=1S/C17H19ClFN3O/c1-2-22(9-13-14(18)4-3-5-15(13)19)17-8-16(20-11-21-17)12-6-7-23-10-12/h3-5,8,11-12H,2,6-7,9-10H2,1H3/t12-/m0/s1. The van der Waals surface area contributed by atoms with Gasteiger partial charge in [0, 0.05) is 42.3 Å². The molecule has 1 atom stereocenters. The molecule has 122 valence electrons. The minimum absolute atomic E-state index is 0.297. The Hall–Kier alpha value is -1.72. The second-order valence-electron chi connectivity index (χ2n) is 5.58. The third kappa shape index (κ3) is 3.62. The van der Waals surface area contributed by atoms with Crippen molar-refractivity contribution in [1.29, 1.82) is 0 Å². The highest BCUT2D eigenvalue weighted by atomic mass is 35.5. The molecule has 1 saturated heterocycles. The summed E-state index contributed by atoms with van der Waals surface area (Å²) >= 11 is 6.14. The molecule has 0 spiro atoms. The molecule has 0 N–H and O–H groups in total. The first kappa shape index (κ1) is 16.1. The van der Waals surface area contributed by atoms with Crippen molar-refractivity contribution >= 4 is 17.4 Å². The number of benzene rings is 1. The zero-order valence-corrected chi connectivity index (χ0v) is 13.8. The first-order chi connectivity index (χ1) is 11.2. The van der Waals surface area contributed by atoms with E-state index in [9.17, 15) is 4.39 Å². The molecule has 2 heterocycles. The summed E-state index contributed by atoms with van der Waals surface area (Å²) in [7, 11) is 0. The number of ether oxygens (including phenoxy) is 1. The van der Waals surface area contributed by atoms with Crippen molar-refractivity contribution in [2.75, 3.05) is 24.7 Å². The number of rotatable bonds is 5. The molecule has 4 nitrogen and oxygen atoms in total. The van der Waals surface area contributed by atoms with E-state index in [1.54, 1.807) is 18.5 Å². The predicted molar refractivity (Wildman–Crippen MR) is 88.3 cm³/mol. The fourth-order valence-electron chi connectivity index (χ4n) is 2.75. The van der Waals surface area contributed by atoms with E-state index in [1.807, 2.05) is 17.9 Å². The van der Waals surface area contributed by atoms with E-state index in [2.05, 4.69) is 9.97 Å². The molecule has 23 heavy (non-hydrogen) atoms. The lowest BCUT2D eigenvalue weighted by Gasteiger charge is -2.23. The second kappa shape index (κ2) is 7.23. The SMILES string of the molecule is CCN(Cc1c(F)cccc1Cl)c1cc([C@H]2CCOC2)ncn1. The highest BCUT2D eigenvalue weighted by molar-refractivity contribution is 6.31. The Balaban J connectivity index is 1.84. The van der Waals surface area contributed by atoms with Gasteiger partial charge >= 0.3 is 0 Å². The van der Waals surface area contributed by atoms with E-state index in [-0.39, 0.29) is 5.82 Å².